The zero-order chi connectivity index (χ0) is 58.7. The van der Waals surface area contributed by atoms with Crippen molar-refractivity contribution in [2.24, 2.45) is 22.7 Å². The number of piperidine rings is 2. The van der Waals surface area contributed by atoms with E-state index in [4.69, 9.17) is 32.4 Å². The third-order valence-corrected chi connectivity index (χ3v) is 16.4. The van der Waals surface area contributed by atoms with Crippen LogP contribution in [0.15, 0.2) is 60.7 Å². The van der Waals surface area contributed by atoms with Crippen LogP contribution in [-0.4, -0.2) is 158 Å². The minimum absolute atomic E-state index is 0.0273. The van der Waals surface area contributed by atoms with Gasteiger partial charge in [-0.05, 0) is 106 Å². The monoisotopic (exact) mass is 1130 g/mol. The average Bonchev–Trinajstić information content (AvgIpc) is 2.17. The fourth-order valence-electron chi connectivity index (χ4n) is 12.1. The Kier molecular flexibility index (Phi) is 17.9. The molecule has 4 fully saturated rings. The van der Waals surface area contributed by atoms with Crippen molar-refractivity contribution < 1.29 is 52.6 Å². The molecule has 0 spiro atoms. The van der Waals surface area contributed by atoms with Crippen molar-refractivity contribution in [3.05, 3.63) is 93.8 Å². The predicted molar refractivity (Wildman–Crippen MR) is 303 cm³/mol. The summed E-state index contributed by atoms with van der Waals surface area (Å²) in [5.74, 6) is -2.53. The molecular weight excluding hydrogens is 1060 g/mol. The first-order chi connectivity index (χ1) is 38.3. The number of ether oxygens (including phenoxy) is 3. The van der Waals surface area contributed by atoms with Crippen LogP contribution in [0, 0.1) is 29.2 Å². The molecule has 4 N–H and O–H groups in total. The molecule has 4 heterocycles. The highest BCUT2D eigenvalue weighted by Gasteiger charge is 2.64. The summed E-state index contributed by atoms with van der Waals surface area (Å²) in [4.78, 5) is 118. The van der Waals surface area contributed by atoms with Crippen molar-refractivity contribution in [1.82, 2.24) is 36.0 Å². The van der Waals surface area contributed by atoms with Gasteiger partial charge < -0.3 is 45.3 Å². The zero-order valence-corrected chi connectivity index (χ0v) is 48.4. The van der Waals surface area contributed by atoms with E-state index in [0.29, 0.717) is 41.0 Å². The molecule has 5 aliphatic rings. The van der Waals surface area contributed by atoms with Crippen molar-refractivity contribution in [1.29, 1.82) is 0 Å². The largest absolute Gasteiger partial charge is 0.489 e. The lowest BCUT2D eigenvalue weighted by atomic mass is 9.49. The van der Waals surface area contributed by atoms with Gasteiger partial charge in [-0.3, -0.25) is 38.6 Å². The number of benzene rings is 3. The van der Waals surface area contributed by atoms with Crippen LogP contribution in [0.25, 0.3) is 4.85 Å². The molecule has 0 aromatic heterocycles. The van der Waals surface area contributed by atoms with Crippen molar-refractivity contribution in [3.8, 4) is 5.75 Å². The van der Waals surface area contributed by atoms with Crippen LogP contribution in [-0.2, 0) is 23.9 Å². The van der Waals surface area contributed by atoms with E-state index in [1.165, 1.54) is 0 Å². The van der Waals surface area contributed by atoms with Gasteiger partial charge in [-0.25, -0.2) is 19.3 Å². The molecular formula is C59H75ClN10O11. The van der Waals surface area contributed by atoms with Crippen LogP contribution in [0.5, 0.6) is 5.75 Å². The number of hydrogen-bond acceptors (Lipinski definition) is 14. The minimum atomic E-state index is -1.28. The second kappa shape index (κ2) is 24.3. The molecule has 3 aromatic rings. The van der Waals surface area contributed by atoms with E-state index in [0.717, 1.165) is 66.7 Å². The second-order valence-electron chi connectivity index (χ2n) is 24.1. The number of piperazine rings is 1. The molecule has 2 unspecified atom stereocenters. The number of imide groups is 2. The first kappa shape index (κ1) is 59.7. The first-order valence-corrected chi connectivity index (χ1v) is 28.2. The van der Waals surface area contributed by atoms with Gasteiger partial charge in [-0.1, -0.05) is 59.2 Å². The molecule has 8 amide bonds. The lowest BCUT2D eigenvalue weighted by Gasteiger charge is -2.63. The summed E-state index contributed by atoms with van der Waals surface area (Å²) >= 11 is 6.28. The second-order valence-corrected chi connectivity index (χ2v) is 24.5. The molecule has 0 radical (unpaired) electrons. The molecule has 1 aliphatic carbocycles. The standard InChI is InChI=1S/C59H75ClN10O11/c1-35(2)47(64-56(78)81-57(3,4)5)49(73)62-23-24-63-55(77)79-34-69-46(71)20-19-45(52(69)76)70-50(74)41-17-15-39(31-42(41)51(70)75)68-29-27-66(28-30-68)33-36-21-25-67(26-22-36)38-13-11-37(12-14-38)48(72)65-53-58(6,7)54(59(53,8)9)80-40-16-18-44(61-10)43(60)32-40/h11-18,31-32,35-36,45,47,53-54H,19-30,33-34H2,1-9H3,(H,62,73)(H,63,77)(H,64,78)(H,65,72). The summed E-state index contributed by atoms with van der Waals surface area (Å²) in [5, 5.41) is 11.2. The Hall–Kier alpha value is -7.44. The van der Waals surface area contributed by atoms with Crippen LogP contribution in [0.2, 0.25) is 5.02 Å². The number of halogens is 1. The third-order valence-electron chi connectivity index (χ3n) is 16.1. The SMILES string of the molecule is [C-]#[N+]c1ccc(OC2C(C)(C)C(NC(=O)c3ccc(N4CCC(CN5CCN(c6ccc7c(c6)C(=O)N(C6CCC(=O)N(COC(=O)NCCNC(=O)C(NC(=O)OC(C)(C)C)C(C)C)C6=O)C7=O)CC5)CC4)cc3)C2(C)C)cc1Cl. The fourth-order valence-corrected chi connectivity index (χ4v) is 12.3. The fraction of sp³-hybridized carbons (Fsp3) is 0.542. The Bertz CT molecular complexity index is 2940. The maximum absolute atomic E-state index is 14.0. The van der Waals surface area contributed by atoms with Gasteiger partial charge in [-0.2, -0.15) is 0 Å². The van der Waals surface area contributed by atoms with E-state index in [1.54, 1.807) is 65.0 Å². The van der Waals surface area contributed by atoms with Gasteiger partial charge in [0.2, 0.25) is 17.5 Å². The van der Waals surface area contributed by atoms with Crippen molar-refractivity contribution in [2.75, 3.05) is 75.4 Å². The summed E-state index contributed by atoms with van der Waals surface area (Å²) in [7, 11) is 0. The number of fused-ring (bicyclic) bond motifs is 1. The zero-order valence-electron chi connectivity index (χ0n) is 47.7. The normalized spacial score (nSPS) is 21.4. The average molecular weight is 1140 g/mol. The molecule has 2 atom stereocenters. The number of likely N-dealkylation sites (tertiary alicyclic amines) is 1. The van der Waals surface area contributed by atoms with Crippen LogP contribution < -0.4 is 35.8 Å². The van der Waals surface area contributed by atoms with E-state index in [2.05, 4.69) is 68.5 Å². The van der Waals surface area contributed by atoms with Gasteiger partial charge in [0, 0.05) is 99.1 Å². The van der Waals surface area contributed by atoms with Gasteiger partial charge in [0.25, 0.3) is 23.6 Å². The molecule has 1 saturated carbocycles. The van der Waals surface area contributed by atoms with E-state index >= 15 is 0 Å². The summed E-state index contributed by atoms with van der Waals surface area (Å²) in [6, 6.07) is 15.7. The van der Waals surface area contributed by atoms with Gasteiger partial charge in [0.05, 0.1) is 22.7 Å². The Morgan fingerprint density at radius 2 is 1.41 bits per heavy atom. The topological polar surface area (TPSA) is 233 Å². The summed E-state index contributed by atoms with van der Waals surface area (Å²) in [5.41, 5.74) is 1.68. The minimum Gasteiger partial charge on any atom is -0.489 e. The number of carbonyl (C=O) groups is 8. The summed E-state index contributed by atoms with van der Waals surface area (Å²) in [6.07, 6.45) is -0.107. The molecule has 81 heavy (non-hydrogen) atoms. The Morgan fingerprint density at radius 3 is 2.04 bits per heavy atom. The van der Waals surface area contributed by atoms with Crippen molar-refractivity contribution in [2.45, 2.75) is 118 Å². The number of hydrogen-bond donors (Lipinski definition) is 4. The summed E-state index contributed by atoms with van der Waals surface area (Å²) in [6.45, 7) is 29.2. The Balaban J connectivity index is 0.751. The Labute approximate surface area is 478 Å². The van der Waals surface area contributed by atoms with Crippen molar-refractivity contribution in [3.63, 3.8) is 0 Å². The van der Waals surface area contributed by atoms with Gasteiger partial charge in [-0.15, -0.1) is 0 Å². The Morgan fingerprint density at radius 1 is 0.778 bits per heavy atom. The van der Waals surface area contributed by atoms with Crippen LogP contribution in [0.1, 0.15) is 119 Å². The van der Waals surface area contributed by atoms with E-state index in [1.807, 2.05) is 30.3 Å². The van der Waals surface area contributed by atoms with Crippen LogP contribution in [0.3, 0.4) is 0 Å². The van der Waals surface area contributed by atoms with Gasteiger partial charge in [0.15, 0.2) is 6.73 Å². The number of alkyl carbamates (subject to hydrolysis) is 2. The highest BCUT2D eigenvalue weighted by Crippen LogP contribution is 2.56. The van der Waals surface area contributed by atoms with Gasteiger partial charge in [0.1, 0.15) is 29.5 Å². The molecule has 22 heteroatoms. The van der Waals surface area contributed by atoms with E-state index in [9.17, 15) is 38.4 Å². The smallest absolute Gasteiger partial charge is 0.408 e. The van der Waals surface area contributed by atoms with Crippen LogP contribution in [0.4, 0.5) is 26.7 Å². The lowest BCUT2D eigenvalue weighted by molar-refractivity contribution is -0.164. The number of anilines is 2. The van der Waals surface area contributed by atoms with Crippen LogP contribution >= 0.6 is 11.6 Å². The number of nitrogens with one attached hydrogen (secondary N) is 4. The van der Waals surface area contributed by atoms with Gasteiger partial charge >= 0.3 is 12.2 Å². The highest BCUT2D eigenvalue weighted by molar-refractivity contribution is 6.33. The maximum atomic E-state index is 14.0. The quantitative estimate of drug-likeness (QED) is 0.0606. The first-order valence-electron chi connectivity index (χ1n) is 27.8. The molecule has 4 aliphatic heterocycles. The molecule has 21 nitrogen and oxygen atoms in total. The number of amides is 8. The van der Waals surface area contributed by atoms with E-state index < -0.39 is 66.1 Å². The molecule has 434 valence electrons. The molecule has 3 aromatic carbocycles. The van der Waals surface area contributed by atoms with E-state index in [-0.39, 0.29) is 71.9 Å². The number of rotatable bonds is 17. The third kappa shape index (κ3) is 13.3. The molecule has 0 bridgehead atoms. The molecule has 3 saturated heterocycles. The maximum Gasteiger partial charge on any atom is 0.408 e. The molecule has 8 rings (SSSR count). The number of carbonyl (C=O) groups excluding carboxylic acids is 8. The summed E-state index contributed by atoms with van der Waals surface area (Å²) < 4.78 is 16.8. The van der Waals surface area contributed by atoms with Crippen molar-refractivity contribution >= 4 is 76.3 Å². The highest BCUT2D eigenvalue weighted by atomic mass is 35.5. The predicted octanol–water partition coefficient (Wildman–Crippen LogP) is 7.00. The lowest BCUT2D eigenvalue weighted by Crippen LogP contribution is -2.74. The number of nitrogens with zero attached hydrogens (tertiary/aromatic N) is 6.